The summed E-state index contributed by atoms with van der Waals surface area (Å²) in [6.45, 7) is 4.39. The molecule has 0 saturated carbocycles. The summed E-state index contributed by atoms with van der Waals surface area (Å²) in [6, 6.07) is 0. The second kappa shape index (κ2) is 24.1. The molecular weight excluding hydrogens is 384 g/mol. The third-order valence-corrected chi connectivity index (χ3v) is 5.10. The first-order valence-electron chi connectivity index (χ1n) is 12.1. The molecular formula is C24H48O6. The van der Waals surface area contributed by atoms with E-state index in [1.807, 2.05) is 0 Å². The summed E-state index contributed by atoms with van der Waals surface area (Å²) in [6.07, 6.45) is 16.5. The van der Waals surface area contributed by atoms with Crippen molar-refractivity contribution in [3.63, 3.8) is 0 Å². The van der Waals surface area contributed by atoms with E-state index in [4.69, 9.17) is 10.2 Å². The number of aliphatic hydroxyl groups is 2. The van der Waals surface area contributed by atoms with Crippen LogP contribution in [0.1, 0.15) is 129 Å². The molecule has 0 amide bonds. The predicted octanol–water partition coefficient (Wildman–Crippen LogP) is 5.93. The zero-order valence-electron chi connectivity index (χ0n) is 19.5. The molecule has 0 saturated heterocycles. The van der Waals surface area contributed by atoms with Crippen LogP contribution >= 0.6 is 0 Å². The maximum Gasteiger partial charge on any atom is 0.305 e. The smallest absolute Gasteiger partial charge is 0.305 e. The van der Waals surface area contributed by atoms with Crippen molar-refractivity contribution in [1.82, 2.24) is 0 Å². The van der Waals surface area contributed by atoms with Gasteiger partial charge in [-0.3, -0.25) is 9.59 Å². The molecule has 0 aromatic rings. The van der Waals surface area contributed by atoms with E-state index in [1.165, 1.54) is 64.2 Å². The number of hydrogen-bond donors (Lipinski definition) is 4. The van der Waals surface area contributed by atoms with Crippen molar-refractivity contribution in [1.29, 1.82) is 0 Å². The van der Waals surface area contributed by atoms with E-state index in [0.717, 1.165) is 25.7 Å². The molecule has 6 heteroatoms. The summed E-state index contributed by atoms with van der Waals surface area (Å²) in [5.74, 6) is -1.82. The van der Waals surface area contributed by atoms with Crippen LogP contribution in [0.15, 0.2) is 0 Å². The largest absolute Gasteiger partial charge is 0.481 e. The van der Waals surface area contributed by atoms with Crippen LogP contribution in [-0.4, -0.2) is 44.6 Å². The van der Waals surface area contributed by atoms with Gasteiger partial charge in [0.15, 0.2) is 0 Å². The van der Waals surface area contributed by atoms with Crippen LogP contribution in [0, 0.1) is 0 Å². The average molecular weight is 433 g/mol. The van der Waals surface area contributed by atoms with E-state index in [1.54, 1.807) is 0 Å². The van der Waals surface area contributed by atoms with Gasteiger partial charge in [0.05, 0.1) is 25.0 Å². The summed E-state index contributed by atoms with van der Waals surface area (Å²) in [7, 11) is 0. The van der Waals surface area contributed by atoms with Crippen molar-refractivity contribution >= 4 is 11.9 Å². The van der Waals surface area contributed by atoms with Crippen LogP contribution in [0.2, 0.25) is 0 Å². The quantitative estimate of drug-likeness (QED) is 0.177. The molecule has 0 bridgehead atoms. The molecule has 30 heavy (non-hydrogen) atoms. The Morgan fingerprint density at radius 1 is 0.533 bits per heavy atom. The van der Waals surface area contributed by atoms with Crippen LogP contribution in [-0.2, 0) is 9.59 Å². The SMILES string of the molecule is CCCCCCCCC(O)CC(=O)O.CCCCCCCCCCC(O)CC(=O)O. The monoisotopic (exact) mass is 432 g/mol. The van der Waals surface area contributed by atoms with Crippen molar-refractivity contribution in [3.8, 4) is 0 Å². The lowest BCUT2D eigenvalue weighted by Gasteiger charge is -2.07. The Morgan fingerprint density at radius 3 is 1.07 bits per heavy atom. The van der Waals surface area contributed by atoms with Gasteiger partial charge in [0.25, 0.3) is 0 Å². The Balaban J connectivity index is 0. The Morgan fingerprint density at radius 2 is 0.800 bits per heavy atom. The van der Waals surface area contributed by atoms with E-state index in [9.17, 15) is 19.8 Å². The fourth-order valence-corrected chi connectivity index (χ4v) is 3.28. The van der Waals surface area contributed by atoms with Crippen LogP contribution in [0.4, 0.5) is 0 Å². The fourth-order valence-electron chi connectivity index (χ4n) is 3.28. The zero-order chi connectivity index (χ0) is 23.0. The van der Waals surface area contributed by atoms with Gasteiger partial charge in [-0.2, -0.15) is 0 Å². The van der Waals surface area contributed by atoms with E-state index < -0.39 is 24.1 Å². The number of unbranched alkanes of at least 4 members (excludes halogenated alkanes) is 12. The Kier molecular flexibility index (Phi) is 25.0. The standard InChI is InChI=1S/C13H26O3.C11H22O3/c1-2-3-4-5-6-7-8-9-10-12(14)11-13(15)16;1-2-3-4-5-6-7-8-10(12)9-11(13)14/h12,14H,2-11H2,1H3,(H,15,16);10,12H,2-9H2,1H3,(H,13,14). The molecule has 2 unspecified atom stereocenters. The molecule has 0 rings (SSSR count). The minimum absolute atomic E-state index is 0.115. The second-order valence-corrected chi connectivity index (χ2v) is 8.32. The Bertz CT molecular complexity index is 386. The summed E-state index contributed by atoms with van der Waals surface area (Å²) >= 11 is 0. The first-order valence-corrected chi connectivity index (χ1v) is 12.1. The van der Waals surface area contributed by atoms with E-state index in [0.29, 0.717) is 12.8 Å². The summed E-state index contributed by atoms with van der Waals surface area (Å²) in [5, 5.41) is 35.4. The van der Waals surface area contributed by atoms with Gasteiger partial charge in [-0.1, -0.05) is 104 Å². The molecule has 180 valence electrons. The van der Waals surface area contributed by atoms with Gasteiger partial charge in [-0.25, -0.2) is 0 Å². The minimum atomic E-state index is -0.913. The maximum absolute atomic E-state index is 10.3. The van der Waals surface area contributed by atoms with Crippen molar-refractivity contribution in [2.24, 2.45) is 0 Å². The highest BCUT2D eigenvalue weighted by Crippen LogP contribution is 2.12. The van der Waals surface area contributed by atoms with Crippen LogP contribution in [0.3, 0.4) is 0 Å². The third-order valence-electron chi connectivity index (χ3n) is 5.10. The number of aliphatic carboxylic acids is 2. The van der Waals surface area contributed by atoms with E-state index >= 15 is 0 Å². The third kappa shape index (κ3) is 29.1. The molecule has 0 aliphatic carbocycles. The van der Waals surface area contributed by atoms with Crippen LogP contribution in [0.5, 0.6) is 0 Å². The highest BCUT2D eigenvalue weighted by molar-refractivity contribution is 5.67. The highest BCUT2D eigenvalue weighted by Gasteiger charge is 2.09. The molecule has 0 aromatic heterocycles. The van der Waals surface area contributed by atoms with Crippen molar-refractivity contribution in [2.75, 3.05) is 0 Å². The first kappa shape index (κ1) is 31.0. The average Bonchev–Trinajstić information content (AvgIpc) is 2.66. The predicted molar refractivity (Wildman–Crippen MR) is 122 cm³/mol. The second-order valence-electron chi connectivity index (χ2n) is 8.32. The molecule has 6 nitrogen and oxygen atoms in total. The molecule has 0 aliphatic heterocycles. The molecule has 0 aromatic carbocycles. The fraction of sp³-hybridized carbons (Fsp3) is 0.917. The van der Waals surface area contributed by atoms with Crippen LogP contribution in [0.25, 0.3) is 0 Å². The van der Waals surface area contributed by atoms with Crippen LogP contribution < -0.4 is 0 Å². The topological polar surface area (TPSA) is 115 Å². The zero-order valence-corrected chi connectivity index (χ0v) is 19.5. The Hall–Kier alpha value is -1.14. The minimum Gasteiger partial charge on any atom is -0.481 e. The molecule has 4 N–H and O–H groups in total. The lowest BCUT2D eigenvalue weighted by atomic mass is 10.0. The maximum atomic E-state index is 10.3. The van der Waals surface area contributed by atoms with Gasteiger partial charge < -0.3 is 20.4 Å². The number of rotatable bonds is 20. The van der Waals surface area contributed by atoms with Crippen molar-refractivity contribution < 1.29 is 30.0 Å². The number of carbonyl (C=O) groups is 2. The number of carboxylic acids is 2. The summed E-state index contributed by atoms with van der Waals surface area (Å²) in [5.41, 5.74) is 0. The van der Waals surface area contributed by atoms with Gasteiger partial charge in [0.2, 0.25) is 0 Å². The van der Waals surface area contributed by atoms with Gasteiger partial charge in [0.1, 0.15) is 0 Å². The van der Waals surface area contributed by atoms with Crippen molar-refractivity contribution in [3.05, 3.63) is 0 Å². The lowest BCUT2D eigenvalue weighted by Crippen LogP contribution is -2.12. The van der Waals surface area contributed by atoms with E-state index in [-0.39, 0.29) is 12.8 Å². The summed E-state index contributed by atoms with van der Waals surface area (Å²) in [4.78, 5) is 20.5. The molecule has 2 atom stereocenters. The van der Waals surface area contributed by atoms with Gasteiger partial charge in [0, 0.05) is 0 Å². The summed E-state index contributed by atoms with van der Waals surface area (Å²) < 4.78 is 0. The number of aliphatic hydroxyl groups excluding tert-OH is 2. The molecule has 0 spiro atoms. The van der Waals surface area contributed by atoms with E-state index in [2.05, 4.69) is 13.8 Å². The first-order chi connectivity index (χ1) is 14.3. The van der Waals surface area contributed by atoms with Gasteiger partial charge in [-0.15, -0.1) is 0 Å². The Labute approximate surface area is 184 Å². The lowest BCUT2D eigenvalue weighted by molar-refractivity contribution is -0.140. The molecule has 0 radical (unpaired) electrons. The van der Waals surface area contributed by atoms with Crippen molar-refractivity contribution in [2.45, 2.75) is 142 Å². The van der Waals surface area contributed by atoms with Gasteiger partial charge >= 0.3 is 11.9 Å². The van der Waals surface area contributed by atoms with Gasteiger partial charge in [-0.05, 0) is 12.8 Å². The number of carboxylic acid groups (broad SMARTS) is 2. The highest BCUT2D eigenvalue weighted by atomic mass is 16.4. The molecule has 0 aliphatic rings. The molecule has 0 heterocycles. The number of hydrogen-bond acceptors (Lipinski definition) is 4. The normalized spacial score (nSPS) is 12.7. The molecule has 0 fully saturated rings.